The van der Waals surface area contributed by atoms with Gasteiger partial charge in [0.1, 0.15) is 0 Å². The summed E-state index contributed by atoms with van der Waals surface area (Å²) in [7, 11) is 0. The topological polar surface area (TPSA) is 97.4 Å². The van der Waals surface area contributed by atoms with E-state index in [1.165, 1.54) is 0 Å². The minimum atomic E-state index is -0.601. The van der Waals surface area contributed by atoms with Crippen LogP contribution >= 0.6 is 22.9 Å². The highest BCUT2D eigenvalue weighted by Crippen LogP contribution is 2.27. The molecule has 0 amide bonds. The van der Waals surface area contributed by atoms with Crippen LogP contribution in [-0.4, -0.2) is 28.3 Å². The number of H-pyrrole nitrogens is 1. The van der Waals surface area contributed by atoms with Crippen LogP contribution in [0, 0.1) is 0 Å². The first-order valence-corrected chi connectivity index (χ1v) is 9.63. The van der Waals surface area contributed by atoms with E-state index in [2.05, 4.69) is 15.6 Å². The number of benzene rings is 2. The smallest absolute Gasteiger partial charge is 0.309 e. The summed E-state index contributed by atoms with van der Waals surface area (Å²) in [6.45, 7) is 1.18. The van der Waals surface area contributed by atoms with Gasteiger partial charge >= 0.3 is 4.87 Å². The summed E-state index contributed by atoms with van der Waals surface area (Å²) >= 11 is 6.85. The molecular weight excluding hydrogens is 386 g/mol. The van der Waals surface area contributed by atoms with Gasteiger partial charge in [-0.3, -0.25) is 9.78 Å². The molecule has 1 heterocycles. The van der Waals surface area contributed by atoms with Crippen LogP contribution in [0.2, 0.25) is 5.02 Å². The molecule has 0 aliphatic heterocycles. The Morgan fingerprint density at radius 2 is 1.96 bits per heavy atom. The molecule has 0 fully saturated rings. The van der Waals surface area contributed by atoms with Crippen molar-refractivity contribution in [2.24, 2.45) is 0 Å². The summed E-state index contributed by atoms with van der Waals surface area (Å²) in [6, 6.07) is 14.9. The van der Waals surface area contributed by atoms with E-state index in [0.29, 0.717) is 16.6 Å². The Kier molecular flexibility index (Phi) is 6.52. The molecule has 2 aromatic carbocycles. The van der Waals surface area contributed by atoms with E-state index >= 15 is 0 Å². The van der Waals surface area contributed by atoms with Crippen LogP contribution < -0.4 is 15.5 Å². The maximum absolute atomic E-state index is 11.2. The number of rotatable bonds is 8. The van der Waals surface area contributed by atoms with Crippen molar-refractivity contribution in [3.63, 3.8) is 0 Å². The number of aromatic amines is 1. The van der Waals surface area contributed by atoms with E-state index in [0.717, 1.165) is 41.1 Å². The van der Waals surface area contributed by atoms with E-state index < -0.39 is 6.10 Å². The van der Waals surface area contributed by atoms with E-state index in [4.69, 9.17) is 11.6 Å². The quantitative estimate of drug-likeness (QED) is 0.370. The third kappa shape index (κ3) is 5.58. The number of aliphatic hydroxyl groups excluding tert-OH is 1. The molecule has 142 valence electrons. The zero-order valence-corrected chi connectivity index (χ0v) is 16.0. The Morgan fingerprint density at radius 1 is 1.19 bits per heavy atom. The summed E-state index contributed by atoms with van der Waals surface area (Å²) in [4.78, 5) is 13.2. The molecule has 5 N–H and O–H groups in total. The molecule has 6 nitrogen and oxygen atoms in total. The van der Waals surface area contributed by atoms with Gasteiger partial charge in [-0.15, -0.1) is 0 Å². The number of aliphatic hydroxyl groups is 1. The van der Waals surface area contributed by atoms with E-state index in [9.17, 15) is 15.0 Å². The highest BCUT2D eigenvalue weighted by atomic mass is 35.5. The Bertz CT molecular complexity index is 940. The van der Waals surface area contributed by atoms with E-state index in [1.807, 2.05) is 36.4 Å². The number of thiazole rings is 1. The lowest BCUT2D eigenvalue weighted by molar-refractivity contribution is 0.175. The van der Waals surface area contributed by atoms with Crippen molar-refractivity contribution in [2.75, 3.05) is 18.4 Å². The standard InChI is InChI=1S/C19H20ClN3O3S/c20-14-3-1-2-13(10-14)16(24)11-21-9-8-12-4-6-15(7-5-12)22-18-17(25)23-19(26)27-18/h1-7,10,16,21-22,24-25H,8-9,11H2,(H,23,26)/t16-/m0/s1. The van der Waals surface area contributed by atoms with Crippen LogP contribution in [0.5, 0.6) is 5.88 Å². The molecule has 0 saturated carbocycles. The zero-order chi connectivity index (χ0) is 19.2. The van der Waals surface area contributed by atoms with Crippen molar-refractivity contribution in [3.05, 3.63) is 74.3 Å². The SMILES string of the molecule is O=c1[nH]c(O)c(Nc2ccc(CCNC[C@H](O)c3cccc(Cl)c3)cc2)s1. The number of aromatic nitrogens is 1. The average Bonchev–Trinajstić information content (AvgIpc) is 2.97. The molecule has 1 aromatic heterocycles. The van der Waals surface area contributed by atoms with Crippen molar-refractivity contribution in [2.45, 2.75) is 12.5 Å². The number of nitrogens with one attached hydrogen (secondary N) is 3. The molecule has 0 radical (unpaired) electrons. The van der Waals surface area contributed by atoms with Gasteiger partial charge in [0.25, 0.3) is 0 Å². The second-order valence-corrected chi connectivity index (χ2v) is 7.46. The molecule has 1 atom stereocenters. The summed E-state index contributed by atoms with van der Waals surface area (Å²) in [5, 5.41) is 27.0. The first kappa shape index (κ1) is 19.4. The molecule has 0 saturated heterocycles. The van der Waals surface area contributed by atoms with Crippen molar-refractivity contribution in [3.8, 4) is 5.88 Å². The van der Waals surface area contributed by atoms with E-state index in [-0.39, 0.29) is 10.8 Å². The largest absolute Gasteiger partial charge is 0.492 e. The van der Waals surface area contributed by atoms with Gasteiger partial charge in [0.05, 0.1) is 6.10 Å². The lowest BCUT2D eigenvalue weighted by Crippen LogP contribution is -2.23. The Balaban J connectivity index is 1.45. The highest BCUT2D eigenvalue weighted by molar-refractivity contribution is 7.13. The van der Waals surface area contributed by atoms with Gasteiger partial charge in [-0.05, 0) is 48.4 Å². The maximum Gasteiger partial charge on any atom is 0.309 e. The number of halogens is 1. The molecule has 0 aliphatic carbocycles. The third-order valence-electron chi connectivity index (χ3n) is 4.00. The maximum atomic E-state index is 11.2. The van der Waals surface area contributed by atoms with Crippen LogP contribution in [0.15, 0.2) is 53.3 Å². The Hall–Kier alpha value is -2.32. The van der Waals surface area contributed by atoms with Gasteiger partial charge in [0.15, 0.2) is 5.00 Å². The molecular formula is C19H20ClN3O3S. The van der Waals surface area contributed by atoms with Crippen LogP contribution in [0.1, 0.15) is 17.2 Å². The van der Waals surface area contributed by atoms with E-state index in [1.54, 1.807) is 12.1 Å². The normalized spacial score (nSPS) is 12.1. The fourth-order valence-corrected chi connectivity index (χ4v) is 3.44. The molecule has 8 heteroatoms. The first-order valence-electron chi connectivity index (χ1n) is 8.43. The summed E-state index contributed by atoms with van der Waals surface area (Å²) in [5.74, 6) is -0.156. The average molecular weight is 406 g/mol. The third-order valence-corrected chi connectivity index (χ3v) is 5.03. The molecule has 0 spiro atoms. The minimum Gasteiger partial charge on any atom is -0.492 e. The number of hydrogen-bond donors (Lipinski definition) is 5. The van der Waals surface area contributed by atoms with Gasteiger partial charge in [0.2, 0.25) is 5.88 Å². The van der Waals surface area contributed by atoms with Crippen molar-refractivity contribution < 1.29 is 10.2 Å². The number of hydrogen-bond acceptors (Lipinski definition) is 6. The zero-order valence-electron chi connectivity index (χ0n) is 14.4. The molecule has 3 rings (SSSR count). The number of anilines is 2. The van der Waals surface area contributed by atoms with Crippen molar-refractivity contribution >= 4 is 33.6 Å². The van der Waals surface area contributed by atoms with Crippen molar-refractivity contribution in [1.82, 2.24) is 10.3 Å². The van der Waals surface area contributed by atoms with Crippen LogP contribution in [0.25, 0.3) is 0 Å². The predicted octanol–water partition coefficient (Wildman–Crippen LogP) is 3.40. The summed E-state index contributed by atoms with van der Waals surface area (Å²) < 4.78 is 0. The Labute approximate surface area is 165 Å². The number of aromatic hydroxyl groups is 1. The molecule has 0 bridgehead atoms. The molecule has 0 unspecified atom stereocenters. The Morgan fingerprint density at radius 3 is 2.63 bits per heavy atom. The van der Waals surface area contributed by atoms with Gasteiger partial charge in [-0.25, -0.2) is 0 Å². The lowest BCUT2D eigenvalue weighted by Gasteiger charge is -2.12. The summed E-state index contributed by atoms with van der Waals surface area (Å²) in [6.07, 6.45) is 0.210. The highest BCUT2D eigenvalue weighted by Gasteiger charge is 2.08. The van der Waals surface area contributed by atoms with Crippen LogP contribution in [0.4, 0.5) is 10.7 Å². The van der Waals surface area contributed by atoms with Gasteiger partial charge in [0, 0.05) is 17.3 Å². The first-order chi connectivity index (χ1) is 13.0. The van der Waals surface area contributed by atoms with Gasteiger partial charge in [-0.1, -0.05) is 47.2 Å². The fraction of sp³-hybridized carbons (Fsp3) is 0.211. The summed E-state index contributed by atoms with van der Waals surface area (Å²) in [5.41, 5.74) is 2.71. The van der Waals surface area contributed by atoms with Gasteiger partial charge < -0.3 is 20.8 Å². The molecule has 27 heavy (non-hydrogen) atoms. The minimum absolute atomic E-state index is 0.156. The van der Waals surface area contributed by atoms with Crippen molar-refractivity contribution in [1.29, 1.82) is 0 Å². The van der Waals surface area contributed by atoms with Gasteiger partial charge in [-0.2, -0.15) is 0 Å². The van der Waals surface area contributed by atoms with Crippen LogP contribution in [0.3, 0.4) is 0 Å². The monoisotopic (exact) mass is 405 g/mol. The second-order valence-electron chi connectivity index (χ2n) is 6.04. The molecule has 0 aliphatic rings. The second kappa shape index (κ2) is 9.05. The predicted molar refractivity (Wildman–Crippen MR) is 109 cm³/mol. The lowest BCUT2D eigenvalue weighted by atomic mass is 10.1. The molecule has 3 aromatic rings. The fourth-order valence-electron chi connectivity index (χ4n) is 2.59. The van der Waals surface area contributed by atoms with Crippen LogP contribution in [-0.2, 0) is 6.42 Å².